The topological polar surface area (TPSA) is 53.5 Å². The van der Waals surface area contributed by atoms with Crippen molar-refractivity contribution in [1.82, 2.24) is 9.88 Å². The molecule has 0 radical (unpaired) electrons. The molecule has 7 heteroatoms. The van der Waals surface area contributed by atoms with Crippen molar-refractivity contribution in [1.29, 1.82) is 0 Å². The molecule has 0 aliphatic carbocycles. The van der Waals surface area contributed by atoms with Gasteiger partial charge in [0.05, 0.1) is 5.25 Å². The van der Waals surface area contributed by atoms with Crippen LogP contribution in [0.3, 0.4) is 0 Å². The molecule has 1 aliphatic rings. The van der Waals surface area contributed by atoms with Gasteiger partial charge in [0.2, 0.25) is 10.0 Å². The van der Waals surface area contributed by atoms with E-state index in [1.54, 1.807) is 25.4 Å². The highest BCUT2D eigenvalue weighted by molar-refractivity contribution is 9.10. The van der Waals surface area contributed by atoms with Gasteiger partial charge in [0.15, 0.2) is 0 Å². The van der Waals surface area contributed by atoms with Crippen molar-refractivity contribution in [2.75, 3.05) is 31.5 Å². The first kappa shape index (κ1) is 13.8. The molecule has 2 rings (SSSR count). The molecular formula is C11H16BrN3O2S. The van der Waals surface area contributed by atoms with Crippen molar-refractivity contribution in [3.63, 3.8) is 0 Å². The van der Waals surface area contributed by atoms with Crippen LogP contribution in [0.2, 0.25) is 0 Å². The molecule has 100 valence electrons. The smallest absolute Gasteiger partial charge is 0.240 e. The minimum atomic E-state index is -3.32. The van der Waals surface area contributed by atoms with E-state index in [0.29, 0.717) is 18.8 Å². The lowest BCUT2D eigenvalue weighted by Crippen LogP contribution is -2.37. The van der Waals surface area contributed by atoms with Gasteiger partial charge < -0.3 is 4.90 Å². The number of rotatable bonds is 3. The Kier molecular flexibility index (Phi) is 3.93. The zero-order valence-electron chi connectivity index (χ0n) is 10.4. The summed E-state index contributed by atoms with van der Waals surface area (Å²) in [7, 11) is 0.174. The maximum atomic E-state index is 12.4. The maximum absolute atomic E-state index is 12.4. The van der Waals surface area contributed by atoms with Crippen LogP contribution in [0.15, 0.2) is 22.8 Å². The van der Waals surface area contributed by atoms with E-state index in [4.69, 9.17) is 0 Å². The second-order valence-corrected chi connectivity index (χ2v) is 7.68. The molecular weight excluding hydrogens is 318 g/mol. The summed E-state index contributed by atoms with van der Waals surface area (Å²) in [6, 6.07) is 3.48. The first-order valence-electron chi connectivity index (χ1n) is 5.69. The van der Waals surface area contributed by atoms with Gasteiger partial charge >= 0.3 is 0 Å². The average molecular weight is 334 g/mol. The van der Waals surface area contributed by atoms with E-state index in [-0.39, 0.29) is 5.25 Å². The third-order valence-electron chi connectivity index (χ3n) is 3.19. The van der Waals surface area contributed by atoms with Gasteiger partial charge in [-0.25, -0.2) is 13.4 Å². The summed E-state index contributed by atoms with van der Waals surface area (Å²) < 4.78 is 26.9. The fourth-order valence-electron chi connectivity index (χ4n) is 2.05. The van der Waals surface area contributed by atoms with Crippen LogP contribution >= 0.6 is 15.9 Å². The standard InChI is InChI=1S/C11H16BrN3O2S/c1-14-6-5-10(8-14)18(16,17)15(2)11-4-3-9(12)7-13-11/h3-4,7,10H,5-6,8H2,1-2H3. The van der Waals surface area contributed by atoms with Gasteiger partial charge in [0, 0.05) is 24.3 Å². The Labute approximate surface area is 116 Å². The molecule has 0 bridgehead atoms. The van der Waals surface area contributed by atoms with Crippen LogP contribution in [-0.4, -0.2) is 50.7 Å². The Hall–Kier alpha value is -0.660. The van der Waals surface area contributed by atoms with Crippen LogP contribution in [0.4, 0.5) is 5.82 Å². The molecule has 0 N–H and O–H groups in total. The van der Waals surface area contributed by atoms with Gasteiger partial charge in [-0.15, -0.1) is 0 Å². The van der Waals surface area contributed by atoms with E-state index in [0.717, 1.165) is 11.0 Å². The van der Waals surface area contributed by atoms with Crippen LogP contribution in [0, 0.1) is 0 Å². The maximum Gasteiger partial charge on any atom is 0.240 e. The highest BCUT2D eigenvalue weighted by Crippen LogP contribution is 2.23. The molecule has 18 heavy (non-hydrogen) atoms. The highest BCUT2D eigenvalue weighted by Gasteiger charge is 2.35. The number of pyridine rings is 1. The van der Waals surface area contributed by atoms with E-state index >= 15 is 0 Å². The van der Waals surface area contributed by atoms with Crippen molar-refractivity contribution in [2.24, 2.45) is 0 Å². The summed E-state index contributed by atoms with van der Waals surface area (Å²) in [6.45, 7) is 1.41. The van der Waals surface area contributed by atoms with Crippen LogP contribution in [0.25, 0.3) is 0 Å². The Bertz CT molecular complexity index is 518. The summed E-state index contributed by atoms with van der Waals surface area (Å²) in [5.41, 5.74) is 0. The van der Waals surface area contributed by atoms with Gasteiger partial charge in [-0.2, -0.15) is 0 Å². The molecule has 1 saturated heterocycles. The summed E-state index contributed by atoms with van der Waals surface area (Å²) in [4.78, 5) is 6.15. The van der Waals surface area contributed by atoms with Crippen LogP contribution in [0.1, 0.15) is 6.42 Å². The quantitative estimate of drug-likeness (QED) is 0.837. The lowest BCUT2D eigenvalue weighted by atomic mass is 10.4. The Morgan fingerprint density at radius 2 is 2.22 bits per heavy atom. The second-order valence-electron chi connectivity index (χ2n) is 4.52. The molecule has 2 heterocycles. The van der Waals surface area contributed by atoms with E-state index in [2.05, 4.69) is 20.9 Å². The average Bonchev–Trinajstić information content (AvgIpc) is 2.76. The zero-order valence-corrected chi connectivity index (χ0v) is 12.8. The van der Waals surface area contributed by atoms with Crippen LogP contribution in [-0.2, 0) is 10.0 Å². The molecule has 1 atom stereocenters. The molecule has 1 fully saturated rings. The first-order chi connectivity index (χ1) is 8.41. The molecule has 5 nitrogen and oxygen atoms in total. The number of sulfonamides is 1. The van der Waals surface area contributed by atoms with E-state index in [9.17, 15) is 8.42 Å². The van der Waals surface area contributed by atoms with Crippen LogP contribution in [0.5, 0.6) is 0 Å². The van der Waals surface area contributed by atoms with E-state index in [1.807, 2.05) is 11.9 Å². The van der Waals surface area contributed by atoms with Gasteiger partial charge in [0.1, 0.15) is 5.82 Å². The van der Waals surface area contributed by atoms with Crippen molar-refractivity contribution in [2.45, 2.75) is 11.7 Å². The normalized spacial score (nSPS) is 21.2. The minimum absolute atomic E-state index is 0.335. The largest absolute Gasteiger partial charge is 0.305 e. The van der Waals surface area contributed by atoms with E-state index in [1.165, 1.54) is 4.31 Å². The van der Waals surface area contributed by atoms with Crippen molar-refractivity contribution in [3.8, 4) is 0 Å². The number of halogens is 1. The molecule has 1 unspecified atom stereocenters. The van der Waals surface area contributed by atoms with Gasteiger partial charge in [-0.05, 0) is 48.1 Å². The Morgan fingerprint density at radius 3 is 2.72 bits per heavy atom. The molecule has 1 aromatic rings. The summed E-state index contributed by atoms with van der Waals surface area (Å²) in [5.74, 6) is 0.452. The third-order valence-corrected chi connectivity index (χ3v) is 5.83. The SMILES string of the molecule is CN1CCC(S(=O)(=O)N(C)c2ccc(Br)cn2)C1. The molecule has 0 spiro atoms. The Morgan fingerprint density at radius 1 is 1.50 bits per heavy atom. The Balaban J connectivity index is 2.22. The predicted molar refractivity (Wildman–Crippen MR) is 75.2 cm³/mol. The number of likely N-dealkylation sites (tertiary alicyclic amines) is 1. The van der Waals surface area contributed by atoms with E-state index < -0.39 is 10.0 Å². The summed E-state index contributed by atoms with van der Waals surface area (Å²) in [6.07, 6.45) is 2.28. The number of nitrogens with zero attached hydrogens (tertiary/aromatic N) is 3. The van der Waals surface area contributed by atoms with Crippen molar-refractivity contribution in [3.05, 3.63) is 22.8 Å². The van der Waals surface area contributed by atoms with Crippen LogP contribution < -0.4 is 4.31 Å². The third kappa shape index (κ3) is 2.67. The molecule has 0 amide bonds. The molecule has 0 saturated carbocycles. The van der Waals surface area contributed by atoms with Gasteiger partial charge in [-0.1, -0.05) is 0 Å². The van der Waals surface area contributed by atoms with Crippen molar-refractivity contribution >= 4 is 31.8 Å². The second kappa shape index (κ2) is 5.14. The molecule has 1 aliphatic heterocycles. The monoisotopic (exact) mass is 333 g/mol. The molecule has 1 aromatic heterocycles. The summed E-state index contributed by atoms with van der Waals surface area (Å²) >= 11 is 3.28. The number of aromatic nitrogens is 1. The fourth-order valence-corrected chi connectivity index (χ4v) is 3.94. The number of anilines is 1. The van der Waals surface area contributed by atoms with Gasteiger partial charge in [0.25, 0.3) is 0 Å². The first-order valence-corrected chi connectivity index (χ1v) is 7.98. The lowest BCUT2D eigenvalue weighted by molar-refractivity contribution is 0.417. The number of hydrogen-bond donors (Lipinski definition) is 0. The predicted octanol–water partition coefficient (Wildman–Crippen LogP) is 1.31. The zero-order chi connectivity index (χ0) is 13.3. The lowest BCUT2D eigenvalue weighted by Gasteiger charge is -2.22. The fraction of sp³-hybridized carbons (Fsp3) is 0.545. The minimum Gasteiger partial charge on any atom is -0.305 e. The number of hydrogen-bond acceptors (Lipinski definition) is 4. The highest BCUT2D eigenvalue weighted by atomic mass is 79.9. The summed E-state index contributed by atoms with van der Waals surface area (Å²) in [5, 5.41) is -0.335. The molecule has 0 aromatic carbocycles. The van der Waals surface area contributed by atoms with Gasteiger partial charge in [-0.3, -0.25) is 4.31 Å². The van der Waals surface area contributed by atoms with Crippen molar-refractivity contribution < 1.29 is 8.42 Å².